The van der Waals surface area contributed by atoms with E-state index in [2.05, 4.69) is 15.1 Å². The fraction of sp³-hybridized carbons (Fsp3) is 0.0769. The van der Waals surface area contributed by atoms with Gasteiger partial charge < -0.3 is 5.41 Å². The summed E-state index contributed by atoms with van der Waals surface area (Å²) in [6, 6.07) is 7.51. The number of pyridine rings is 1. The molecule has 0 aliphatic rings. The molecule has 3 aromatic heterocycles. The Morgan fingerprint density at radius 1 is 1.22 bits per heavy atom. The number of rotatable bonds is 2. The first-order chi connectivity index (χ1) is 8.75. The monoisotopic (exact) mass is 237 g/mol. The van der Waals surface area contributed by atoms with Crippen LogP contribution < -0.4 is 0 Å². The quantitative estimate of drug-likeness (QED) is 0.694. The molecule has 3 rings (SSSR count). The highest BCUT2D eigenvalue weighted by atomic mass is 15.2. The molecule has 0 saturated carbocycles. The van der Waals surface area contributed by atoms with Crippen molar-refractivity contribution < 1.29 is 0 Å². The van der Waals surface area contributed by atoms with Crippen LogP contribution in [-0.4, -0.2) is 25.3 Å². The first-order valence-corrected chi connectivity index (χ1v) is 5.57. The van der Waals surface area contributed by atoms with Gasteiger partial charge in [0.25, 0.3) is 0 Å². The first-order valence-electron chi connectivity index (χ1n) is 5.57. The van der Waals surface area contributed by atoms with E-state index in [1.165, 1.54) is 0 Å². The van der Waals surface area contributed by atoms with Gasteiger partial charge in [0.2, 0.25) is 0 Å². The van der Waals surface area contributed by atoms with E-state index in [1.807, 2.05) is 24.3 Å². The predicted molar refractivity (Wildman–Crippen MR) is 68.7 cm³/mol. The van der Waals surface area contributed by atoms with Crippen molar-refractivity contribution in [2.75, 3.05) is 0 Å². The van der Waals surface area contributed by atoms with E-state index in [9.17, 15) is 0 Å². The molecule has 0 bridgehead atoms. The molecule has 3 aromatic rings. The van der Waals surface area contributed by atoms with Crippen LogP contribution in [0, 0.1) is 5.41 Å². The van der Waals surface area contributed by atoms with E-state index < -0.39 is 0 Å². The number of nitrogens with zero attached hydrogens (tertiary/aromatic N) is 4. The summed E-state index contributed by atoms with van der Waals surface area (Å²) in [6.07, 6.45) is 5.19. The van der Waals surface area contributed by atoms with Gasteiger partial charge in [0.1, 0.15) is 5.69 Å². The van der Waals surface area contributed by atoms with E-state index in [0.717, 1.165) is 16.9 Å². The van der Waals surface area contributed by atoms with E-state index >= 15 is 0 Å². The number of nitrogens with one attached hydrogen (secondary N) is 1. The van der Waals surface area contributed by atoms with E-state index in [-0.39, 0.29) is 0 Å². The van der Waals surface area contributed by atoms with Gasteiger partial charge in [-0.25, -0.2) is 9.50 Å². The molecule has 0 radical (unpaired) electrons. The molecule has 0 atom stereocenters. The van der Waals surface area contributed by atoms with Crippen LogP contribution in [0.1, 0.15) is 12.5 Å². The van der Waals surface area contributed by atoms with Crippen LogP contribution in [-0.2, 0) is 0 Å². The Hall–Kier alpha value is -2.56. The molecule has 5 heteroatoms. The predicted octanol–water partition coefficient (Wildman–Crippen LogP) is 2.18. The second kappa shape index (κ2) is 4.03. The Kier molecular flexibility index (Phi) is 2.37. The van der Waals surface area contributed by atoms with Gasteiger partial charge in [-0.15, -0.1) is 0 Å². The smallest absolute Gasteiger partial charge is 0.154 e. The largest absolute Gasteiger partial charge is 0.305 e. The van der Waals surface area contributed by atoms with Crippen LogP contribution in [0.25, 0.3) is 17.0 Å². The zero-order valence-corrected chi connectivity index (χ0v) is 9.83. The van der Waals surface area contributed by atoms with Crippen molar-refractivity contribution in [3.8, 4) is 11.4 Å². The number of aromatic nitrogens is 4. The Morgan fingerprint density at radius 3 is 2.83 bits per heavy atom. The highest BCUT2D eigenvalue weighted by Gasteiger charge is 2.12. The van der Waals surface area contributed by atoms with E-state index in [1.54, 1.807) is 30.0 Å². The number of fused-ring (bicyclic) bond motifs is 1. The van der Waals surface area contributed by atoms with Crippen LogP contribution >= 0.6 is 0 Å². The summed E-state index contributed by atoms with van der Waals surface area (Å²) in [7, 11) is 0. The van der Waals surface area contributed by atoms with Crippen LogP contribution in [0.5, 0.6) is 0 Å². The lowest BCUT2D eigenvalue weighted by Gasteiger charge is -2.07. The van der Waals surface area contributed by atoms with Crippen molar-refractivity contribution in [1.29, 1.82) is 5.41 Å². The number of imidazole rings is 1. The van der Waals surface area contributed by atoms with Crippen molar-refractivity contribution >= 4 is 11.4 Å². The van der Waals surface area contributed by atoms with Crippen molar-refractivity contribution in [3.63, 3.8) is 0 Å². The molecule has 0 saturated heterocycles. The van der Waals surface area contributed by atoms with Crippen molar-refractivity contribution in [2.24, 2.45) is 0 Å². The summed E-state index contributed by atoms with van der Waals surface area (Å²) in [5.41, 5.74) is 3.40. The highest BCUT2D eigenvalue weighted by Crippen LogP contribution is 2.20. The van der Waals surface area contributed by atoms with Gasteiger partial charge in [0.15, 0.2) is 5.65 Å². The van der Waals surface area contributed by atoms with Crippen molar-refractivity contribution in [3.05, 3.63) is 48.4 Å². The lowest BCUT2D eigenvalue weighted by Crippen LogP contribution is -2.04. The molecule has 0 aliphatic carbocycles. The summed E-state index contributed by atoms with van der Waals surface area (Å²) < 4.78 is 1.69. The third-order valence-electron chi connectivity index (χ3n) is 2.70. The van der Waals surface area contributed by atoms with E-state index in [0.29, 0.717) is 11.4 Å². The van der Waals surface area contributed by atoms with Crippen molar-refractivity contribution in [1.82, 2.24) is 19.6 Å². The zero-order valence-electron chi connectivity index (χ0n) is 9.83. The maximum Gasteiger partial charge on any atom is 0.154 e. The first kappa shape index (κ1) is 10.6. The van der Waals surface area contributed by atoms with Gasteiger partial charge in [0.05, 0.1) is 5.69 Å². The summed E-state index contributed by atoms with van der Waals surface area (Å²) in [5.74, 6) is 0. The minimum absolute atomic E-state index is 0.452. The van der Waals surface area contributed by atoms with Gasteiger partial charge >= 0.3 is 0 Å². The lowest BCUT2D eigenvalue weighted by molar-refractivity contribution is 0.935. The lowest BCUT2D eigenvalue weighted by atomic mass is 10.1. The minimum Gasteiger partial charge on any atom is -0.305 e. The van der Waals surface area contributed by atoms with Crippen LogP contribution in [0.3, 0.4) is 0 Å². The highest BCUT2D eigenvalue weighted by molar-refractivity contribution is 6.01. The Bertz CT molecular complexity index is 715. The third kappa shape index (κ3) is 1.66. The Morgan fingerprint density at radius 2 is 2.11 bits per heavy atom. The van der Waals surface area contributed by atoms with E-state index in [4.69, 9.17) is 5.41 Å². The van der Waals surface area contributed by atoms with Gasteiger partial charge in [-0.05, 0) is 25.1 Å². The third-order valence-corrected chi connectivity index (χ3v) is 2.70. The van der Waals surface area contributed by atoms with Gasteiger partial charge in [-0.3, -0.25) is 4.98 Å². The molecule has 5 nitrogen and oxygen atoms in total. The van der Waals surface area contributed by atoms with Crippen molar-refractivity contribution in [2.45, 2.75) is 6.92 Å². The molecule has 1 N–H and O–H groups in total. The second-order valence-corrected chi connectivity index (χ2v) is 3.98. The topological polar surface area (TPSA) is 66.9 Å². The minimum atomic E-state index is 0.452. The summed E-state index contributed by atoms with van der Waals surface area (Å²) in [4.78, 5) is 8.47. The molecule has 88 valence electrons. The van der Waals surface area contributed by atoms with Crippen LogP contribution in [0.4, 0.5) is 0 Å². The maximum atomic E-state index is 7.85. The second-order valence-electron chi connectivity index (χ2n) is 3.98. The van der Waals surface area contributed by atoms with Gasteiger partial charge in [-0.1, -0.05) is 6.07 Å². The molecule has 18 heavy (non-hydrogen) atoms. The van der Waals surface area contributed by atoms with Gasteiger partial charge in [-0.2, -0.15) is 5.10 Å². The zero-order chi connectivity index (χ0) is 12.5. The molecule has 0 aliphatic heterocycles. The molecule has 0 amide bonds. The van der Waals surface area contributed by atoms with Gasteiger partial charge in [0, 0.05) is 29.9 Å². The average molecular weight is 237 g/mol. The normalized spacial score (nSPS) is 10.7. The molecule has 0 spiro atoms. The number of hydrogen-bond acceptors (Lipinski definition) is 4. The Balaban J connectivity index is 2.32. The SMILES string of the molecule is CC(=N)c1cc2nccn2nc1-c1ccccn1. The van der Waals surface area contributed by atoms with Crippen LogP contribution in [0.15, 0.2) is 42.9 Å². The molecule has 0 aromatic carbocycles. The maximum absolute atomic E-state index is 7.85. The molecule has 0 fully saturated rings. The Labute approximate surface area is 104 Å². The molecular formula is C13H11N5. The average Bonchev–Trinajstić information content (AvgIpc) is 2.85. The summed E-state index contributed by atoms with van der Waals surface area (Å²) >= 11 is 0. The summed E-state index contributed by atoms with van der Waals surface area (Å²) in [6.45, 7) is 1.74. The number of hydrogen-bond donors (Lipinski definition) is 1. The fourth-order valence-electron chi connectivity index (χ4n) is 1.83. The molecule has 0 unspecified atom stereocenters. The summed E-state index contributed by atoms with van der Waals surface area (Å²) in [5, 5.41) is 12.3. The molecular weight excluding hydrogens is 226 g/mol. The fourth-order valence-corrected chi connectivity index (χ4v) is 1.83. The standard InChI is InChI=1S/C13H11N5/c1-9(14)10-8-12-16-6-7-18(12)17-13(10)11-4-2-3-5-15-11/h2-8,14H,1H3. The molecule has 3 heterocycles. The van der Waals surface area contributed by atoms with Crippen LogP contribution in [0.2, 0.25) is 0 Å².